The molecule has 0 N–H and O–H groups in total. The SMILES string of the molecule is CO/C=C(/C(=O)OC)c1ccccc1CON1C(=O)c2ccccc2C1=O. The highest BCUT2D eigenvalue weighted by atomic mass is 16.7. The third-order valence-corrected chi connectivity index (χ3v) is 4.05. The van der Waals surface area contributed by atoms with Gasteiger partial charge in [0.2, 0.25) is 0 Å². The summed E-state index contributed by atoms with van der Waals surface area (Å²) in [5, 5.41) is 0.735. The van der Waals surface area contributed by atoms with Crippen molar-refractivity contribution in [3.05, 3.63) is 77.0 Å². The van der Waals surface area contributed by atoms with Gasteiger partial charge in [0.1, 0.15) is 12.2 Å². The first-order chi connectivity index (χ1) is 13.1. The average Bonchev–Trinajstić information content (AvgIpc) is 2.95. The quantitative estimate of drug-likeness (QED) is 0.338. The van der Waals surface area contributed by atoms with Crippen LogP contribution in [0.3, 0.4) is 0 Å². The fraction of sp³-hybridized carbons (Fsp3) is 0.150. The van der Waals surface area contributed by atoms with Crippen LogP contribution in [0, 0.1) is 0 Å². The standard InChI is InChI=1S/C20H17NO6/c1-25-12-17(20(24)26-2)14-8-4-3-7-13(14)11-27-21-18(22)15-9-5-6-10-16(15)19(21)23/h3-10,12H,11H2,1-2H3/b17-12+. The Morgan fingerprint density at radius 1 is 0.963 bits per heavy atom. The predicted octanol–water partition coefficient (Wildman–Crippen LogP) is 2.57. The van der Waals surface area contributed by atoms with Crippen LogP contribution in [-0.4, -0.2) is 37.1 Å². The Labute approximate surface area is 155 Å². The number of fused-ring (bicyclic) bond motifs is 1. The molecule has 0 saturated carbocycles. The molecule has 1 heterocycles. The van der Waals surface area contributed by atoms with Gasteiger partial charge < -0.3 is 9.47 Å². The number of esters is 1. The van der Waals surface area contributed by atoms with Gasteiger partial charge in [-0.15, -0.1) is 5.06 Å². The Morgan fingerprint density at radius 3 is 2.15 bits per heavy atom. The van der Waals surface area contributed by atoms with Gasteiger partial charge >= 0.3 is 5.97 Å². The van der Waals surface area contributed by atoms with E-state index >= 15 is 0 Å². The van der Waals surface area contributed by atoms with Crippen molar-refractivity contribution in [2.24, 2.45) is 0 Å². The van der Waals surface area contributed by atoms with Gasteiger partial charge in [-0.05, 0) is 23.3 Å². The van der Waals surface area contributed by atoms with Crippen LogP contribution in [-0.2, 0) is 25.7 Å². The van der Waals surface area contributed by atoms with Crippen molar-refractivity contribution < 1.29 is 28.7 Å². The number of hydrogen-bond donors (Lipinski definition) is 0. The smallest absolute Gasteiger partial charge is 0.341 e. The van der Waals surface area contributed by atoms with E-state index in [0.29, 0.717) is 22.3 Å². The number of carbonyl (C=O) groups is 3. The fourth-order valence-electron chi connectivity index (χ4n) is 2.78. The highest BCUT2D eigenvalue weighted by molar-refractivity contribution is 6.20. The molecule has 0 atom stereocenters. The van der Waals surface area contributed by atoms with E-state index in [4.69, 9.17) is 14.3 Å². The molecule has 0 fully saturated rings. The molecule has 0 aromatic heterocycles. The van der Waals surface area contributed by atoms with Gasteiger partial charge in [-0.2, -0.15) is 0 Å². The molecule has 1 aliphatic rings. The number of imide groups is 1. The number of rotatable bonds is 6. The van der Waals surface area contributed by atoms with Crippen LogP contribution in [0.5, 0.6) is 0 Å². The van der Waals surface area contributed by atoms with Crippen LogP contribution in [0.2, 0.25) is 0 Å². The number of hydroxylamine groups is 2. The molecule has 0 saturated heterocycles. The molecule has 7 heteroatoms. The largest absolute Gasteiger partial charge is 0.503 e. The van der Waals surface area contributed by atoms with Crippen molar-refractivity contribution in [3.63, 3.8) is 0 Å². The van der Waals surface area contributed by atoms with Crippen molar-refractivity contribution in [1.29, 1.82) is 0 Å². The molecule has 0 unspecified atom stereocenters. The molecule has 0 radical (unpaired) electrons. The molecule has 1 aliphatic heterocycles. The summed E-state index contributed by atoms with van der Waals surface area (Å²) in [6, 6.07) is 13.4. The molecule has 0 bridgehead atoms. The van der Waals surface area contributed by atoms with E-state index < -0.39 is 17.8 Å². The van der Waals surface area contributed by atoms with Gasteiger partial charge in [-0.3, -0.25) is 14.4 Å². The van der Waals surface area contributed by atoms with Gasteiger partial charge in [0.25, 0.3) is 11.8 Å². The molecule has 7 nitrogen and oxygen atoms in total. The molecular formula is C20H17NO6. The lowest BCUT2D eigenvalue weighted by atomic mass is 10.0. The Kier molecular flexibility index (Phi) is 5.33. The van der Waals surface area contributed by atoms with E-state index in [2.05, 4.69) is 0 Å². The van der Waals surface area contributed by atoms with Crippen molar-refractivity contribution in [2.45, 2.75) is 6.61 Å². The van der Waals surface area contributed by atoms with Gasteiger partial charge in [0.05, 0.1) is 31.6 Å². The van der Waals surface area contributed by atoms with Gasteiger partial charge in [-0.25, -0.2) is 4.79 Å². The maximum absolute atomic E-state index is 12.4. The van der Waals surface area contributed by atoms with E-state index in [1.54, 1.807) is 48.5 Å². The fourth-order valence-corrected chi connectivity index (χ4v) is 2.78. The number of amides is 2. The van der Waals surface area contributed by atoms with Gasteiger partial charge in [-0.1, -0.05) is 36.4 Å². The topological polar surface area (TPSA) is 82.1 Å². The maximum Gasteiger partial charge on any atom is 0.341 e. The lowest BCUT2D eigenvalue weighted by Gasteiger charge is -2.16. The second-order valence-corrected chi connectivity index (χ2v) is 5.64. The predicted molar refractivity (Wildman–Crippen MR) is 95.2 cm³/mol. The zero-order valence-electron chi connectivity index (χ0n) is 14.8. The summed E-state index contributed by atoms with van der Waals surface area (Å²) in [6.07, 6.45) is 1.27. The van der Waals surface area contributed by atoms with Crippen molar-refractivity contribution in [1.82, 2.24) is 5.06 Å². The number of hydrogen-bond acceptors (Lipinski definition) is 6. The Balaban J connectivity index is 1.84. The molecule has 3 rings (SSSR count). The highest BCUT2D eigenvalue weighted by Gasteiger charge is 2.36. The molecule has 27 heavy (non-hydrogen) atoms. The number of methoxy groups -OCH3 is 2. The Hall–Kier alpha value is -3.45. The Morgan fingerprint density at radius 2 is 1.56 bits per heavy atom. The minimum absolute atomic E-state index is 0.0975. The molecule has 2 aromatic rings. The summed E-state index contributed by atoms with van der Waals surface area (Å²) in [4.78, 5) is 42.3. The minimum Gasteiger partial charge on any atom is -0.503 e. The Bertz CT molecular complexity index is 899. The monoisotopic (exact) mass is 367 g/mol. The number of benzene rings is 2. The van der Waals surface area contributed by atoms with E-state index in [1.165, 1.54) is 20.5 Å². The summed E-state index contributed by atoms with van der Waals surface area (Å²) in [6.45, 7) is -0.0975. The third kappa shape index (κ3) is 3.45. The normalized spacial score (nSPS) is 13.6. The van der Waals surface area contributed by atoms with Crippen LogP contribution in [0.25, 0.3) is 5.57 Å². The number of ether oxygens (including phenoxy) is 2. The van der Waals surface area contributed by atoms with Gasteiger partial charge in [0.15, 0.2) is 0 Å². The van der Waals surface area contributed by atoms with E-state index in [9.17, 15) is 14.4 Å². The van der Waals surface area contributed by atoms with E-state index in [0.717, 1.165) is 5.06 Å². The molecule has 0 spiro atoms. The van der Waals surface area contributed by atoms with Crippen molar-refractivity contribution >= 4 is 23.4 Å². The van der Waals surface area contributed by atoms with Gasteiger partial charge in [0, 0.05) is 0 Å². The zero-order chi connectivity index (χ0) is 19.4. The highest BCUT2D eigenvalue weighted by Crippen LogP contribution is 2.25. The minimum atomic E-state index is -0.579. The first-order valence-electron chi connectivity index (χ1n) is 8.08. The first-order valence-corrected chi connectivity index (χ1v) is 8.08. The van der Waals surface area contributed by atoms with E-state index in [1.807, 2.05) is 0 Å². The zero-order valence-corrected chi connectivity index (χ0v) is 14.8. The molecule has 138 valence electrons. The van der Waals surface area contributed by atoms with Crippen molar-refractivity contribution in [3.8, 4) is 0 Å². The van der Waals surface area contributed by atoms with Crippen molar-refractivity contribution in [2.75, 3.05) is 14.2 Å². The molecular weight excluding hydrogens is 350 g/mol. The first kappa shape index (κ1) is 18.3. The summed E-state index contributed by atoms with van der Waals surface area (Å²) < 4.78 is 9.75. The lowest BCUT2D eigenvalue weighted by molar-refractivity contribution is -0.133. The van der Waals surface area contributed by atoms with Crippen LogP contribution in [0.15, 0.2) is 54.8 Å². The summed E-state index contributed by atoms with van der Waals surface area (Å²) in [7, 11) is 2.69. The maximum atomic E-state index is 12.4. The van der Waals surface area contributed by atoms with Crippen LogP contribution < -0.4 is 0 Å². The lowest BCUT2D eigenvalue weighted by Crippen LogP contribution is -2.30. The molecule has 2 aromatic carbocycles. The van der Waals surface area contributed by atoms with Crippen LogP contribution in [0.4, 0.5) is 0 Å². The summed E-state index contributed by atoms with van der Waals surface area (Å²) in [5.41, 5.74) is 1.89. The summed E-state index contributed by atoms with van der Waals surface area (Å²) in [5.74, 6) is -1.62. The second kappa shape index (κ2) is 7.84. The second-order valence-electron chi connectivity index (χ2n) is 5.64. The number of nitrogens with zero attached hydrogens (tertiary/aromatic N) is 1. The van der Waals surface area contributed by atoms with Crippen LogP contribution in [0.1, 0.15) is 31.8 Å². The third-order valence-electron chi connectivity index (χ3n) is 4.05. The number of carbonyl (C=O) groups excluding carboxylic acids is 3. The molecule has 2 amide bonds. The average molecular weight is 367 g/mol. The summed E-state index contributed by atoms with van der Waals surface area (Å²) >= 11 is 0. The molecule has 0 aliphatic carbocycles. The van der Waals surface area contributed by atoms with Crippen LogP contribution >= 0.6 is 0 Å². The van der Waals surface area contributed by atoms with E-state index in [-0.39, 0.29) is 12.2 Å².